The Bertz CT molecular complexity index is 371. The minimum atomic E-state index is 0.564. The number of nitrogens with zero attached hydrogens (tertiary/aromatic N) is 1. The van der Waals surface area contributed by atoms with Gasteiger partial charge in [-0.15, -0.1) is 0 Å². The zero-order chi connectivity index (χ0) is 13.5. The van der Waals surface area contributed by atoms with Crippen LogP contribution >= 0.6 is 0 Å². The fourth-order valence-corrected chi connectivity index (χ4v) is 3.07. The number of likely N-dealkylation sites (N-methyl/N-ethyl adjacent to an activating group) is 1. The van der Waals surface area contributed by atoms with Crippen LogP contribution in [0.25, 0.3) is 0 Å². The summed E-state index contributed by atoms with van der Waals surface area (Å²) in [6.07, 6.45) is 5.22. The molecule has 0 fully saturated rings. The van der Waals surface area contributed by atoms with Gasteiger partial charge in [-0.2, -0.15) is 0 Å². The highest BCUT2D eigenvalue weighted by Crippen LogP contribution is 2.28. The van der Waals surface area contributed by atoms with Crippen LogP contribution in [0.1, 0.15) is 50.3 Å². The van der Waals surface area contributed by atoms with E-state index in [0.29, 0.717) is 6.04 Å². The molecule has 2 heteroatoms. The van der Waals surface area contributed by atoms with Crippen molar-refractivity contribution in [2.75, 3.05) is 26.2 Å². The van der Waals surface area contributed by atoms with Crippen molar-refractivity contribution in [2.24, 2.45) is 0 Å². The molecular formula is C17H28N2. The van der Waals surface area contributed by atoms with Crippen LogP contribution in [0.2, 0.25) is 0 Å². The lowest BCUT2D eigenvalue weighted by atomic mass is 9.99. The Balaban J connectivity index is 1.93. The van der Waals surface area contributed by atoms with E-state index in [1.165, 1.54) is 25.7 Å². The minimum absolute atomic E-state index is 0.564. The van der Waals surface area contributed by atoms with Crippen LogP contribution in [0.3, 0.4) is 0 Å². The highest BCUT2D eigenvalue weighted by atomic mass is 15.1. The van der Waals surface area contributed by atoms with Crippen LogP contribution in [-0.2, 0) is 6.42 Å². The molecule has 1 N–H and O–H groups in total. The summed E-state index contributed by atoms with van der Waals surface area (Å²) in [7, 11) is 0. The van der Waals surface area contributed by atoms with Gasteiger partial charge in [0.05, 0.1) is 0 Å². The molecule has 0 bridgehead atoms. The highest BCUT2D eigenvalue weighted by Gasteiger charge is 2.17. The summed E-state index contributed by atoms with van der Waals surface area (Å²) >= 11 is 0. The summed E-state index contributed by atoms with van der Waals surface area (Å²) < 4.78 is 0. The summed E-state index contributed by atoms with van der Waals surface area (Å²) in [4.78, 5) is 2.48. The van der Waals surface area contributed by atoms with Crippen LogP contribution in [0, 0.1) is 0 Å². The normalized spacial score (nSPS) is 19.2. The second-order valence-corrected chi connectivity index (χ2v) is 5.48. The SMILES string of the molecule is CCN(CC)CCNC1CCCCc2ccccc21. The van der Waals surface area contributed by atoms with Crippen molar-refractivity contribution in [1.29, 1.82) is 0 Å². The van der Waals surface area contributed by atoms with Gasteiger partial charge in [0.1, 0.15) is 0 Å². The average Bonchev–Trinajstić information content (AvgIpc) is 2.66. The number of hydrogen-bond donors (Lipinski definition) is 1. The van der Waals surface area contributed by atoms with Gasteiger partial charge in [0, 0.05) is 19.1 Å². The van der Waals surface area contributed by atoms with Gasteiger partial charge in [-0.25, -0.2) is 0 Å². The maximum atomic E-state index is 3.78. The molecule has 106 valence electrons. The van der Waals surface area contributed by atoms with Crippen molar-refractivity contribution in [2.45, 2.75) is 45.6 Å². The quantitative estimate of drug-likeness (QED) is 0.789. The van der Waals surface area contributed by atoms with E-state index in [1.807, 2.05) is 0 Å². The van der Waals surface area contributed by atoms with E-state index in [1.54, 1.807) is 11.1 Å². The Morgan fingerprint density at radius 1 is 1.16 bits per heavy atom. The first-order valence-electron chi connectivity index (χ1n) is 7.88. The third-order valence-corrected chi connectivity index (χ3v) is 4.33. The first-order valence-corrected chi connectivity index (χ1v) is 7.88. The lowest BCUT2D eigenvalue weighted by Gasteiger charge is -2.23. The molecule has 1 aromatic carbocycles. The number of nitrogens with one attached hydrogen (secondary N) is 1. The molecule has 0 saturated carbocycles. The van der Waals surface area contributed by atoms with Crippen LogP contribution in [0.4, 0.5) is 0 Å². The van der Waals surface area contributed by atoms with Gasteiger partial charge in [0.25, 0.3) is 0 Å². The van der Waals surface area contributed by atoms with Crippen molar-refractivity contribution in [1.82, 2.24) is 10.2 Å². The highest BCUT2D eigenvalue weighted by molar-refractivity contribution is 5.31. The summed E-state index contributed by atoms with van der Waals surface area (Å²) in [5.74, 6) is 0. The van der Waals surface area contributed by atoms with E-state index in [-0.39, 0.29) is 0 Å². The largest absolute Gasteiger partial charge is 0.309 e. The molecule has 0 saturated heterocycles. The molecular weight excluding hydrogens is 232 g/mol. The third kappa shape index (κ3) is 4.05. The van der Waals surface area contributed by atoms with Crippen molar-refractivity contribution in [3.05, 3.63) is 35.4 Å². The molecule has 19 heavy (non-hydrogen) atoms. The number of benzene rings is 1. The molecule has 1 unspecified atom stereocenters. The molecule has 0 aromatic heterocycles. The van der Waals surface area contributed by atoms with Crippen LogP contribution in [-0.4, -0.2) is 31.1 Å². The van der Waals surface area contributed by atoms with Crippen LogP contribution < -0.4 is 5.32 Å². The van der Waals surface area contributed by atoms with E-state index >= 15 is 0 Å². The van der Waals surface area contributed by atoms with Gasteiger partial charge in [-0.05, 0) is 43.5 Å². The van der Waals surface area contributed by atoms with Gasteiger partial charge >= 0.3 is 0 Å². The summed E-state index contributed by atoms with van der Waals surface area (Å²) in [6.45, 7) is 9.04. The van der Waals surface area contributed by atoms with Gasteiger partial charge < -0.3 is 10.2 Å². The van der Waals surface area contributed by atoms with E-state index in [2.05, 4.69) is 48.3 Å². The zero-order valence-electron chi connectivity index (χ0n) is 12.5. The van der Waals surface area contributed by atoms with E-state index in [9.17, 15) is 0 Å². The molecule has 1 aliphatic carbocycles. The van der Waals surface area contributed by atoms with Gasteiger partial charge in [-0.1, -0.05) is 44.5 Å². The van der Waals surface area contributed by atoms with Gasteiger partial charge in [-0.3, -0.25) is 0 Å². The lowest BCUT2D eigenvalue weighted by Crippen LogP contribution is -2.33. The molecule has 0 spiro atoms. The smallest absolute Gasteiger partial charge is 0.0323 e. The number of hydrogen-bond acceptors (Lipinski definition) is 2. The predicted molar refractivity (Wildman–Crippen MR) is 82.5 cm³/mol. The molecule has 2 nitrogen and oxygen atoms in total. The fraction of sp³-hybridized carbons (Fsp3) is 0.647. The molecule has 1 aromatic rings. The fourth-order valence-electron chi connectivity index (χ4n) is 3.07. The molecule has 1 atom stereocenters. The van der Waals surface area contributed by atoms with Crippen molar-refractivity contribution < 1.29 is 0 Å². The number of aryl methyl sites for hydroxylation is 1. The first-order chi connectivity index (χ1) is 9.35. The van der Waals surface area contributed by atoms with Crippen molar-refractivity contribution in [3.63, 3.8) is 0 Å². The van der Waals surface area contributed by atoms with E-state index in [0.717, 1.165) is 26.2 Å². The average molecular weight is 260 g/mol. The Hall–Kier alpha value is -0.860. The second-order valence-electron chi connectivity index (χ2n) is 5.48. The molecule has 1 aliphatic rings. The van der Waals surface area contributed by atoms with Gasteiger partial charge in [0.2, 0.25) is 0 Å². The molecule has 0 heterocycles. The summed E-state index contributed by atoms with van der Waals surface area (Å²) in [5, 5.41) is 3.78. The Kier molecular flexibility index (Phi) is 5.87. The van der Waals surface area contributed by atoms with Crippen LogP contribution in [0.15, 0.2) is 24.3 Å². The summed E-state index contributed by atoms with van der Waals surface area (Å²) in [6, 6.07) is 9.55. The molecule has 0 amide bonds. The van der Waals surface area contributed by atoms with Crippen LogP contribution in [0.5, 0.6) is 0 Å². The first kappa shape index (κ1) is 14.5. The number of rotatable bonds is 6. The zero-order valence-corrected chi connectivity index (χ0v) is 12.5. The Morgan fingerprint density at radius 2 is 1.95 bits per heavy atom. The minimum Gasteiger partial charge on any atom is -0.309 e. The van der Waals surface area contributed by atoms with E-state index in [4.69, 9.17) is 0 Å². The van der Waals surface area contributed by atoms with E-state index < -0.39 is 0 Å². The third-order valence-electron chi connectivity index (χ3n) is 4.33. The maximum Gasteiger partial charge on any atom is 0.0323 e. The predicted octanol–water partition coefficient (Wildman–Crippen LogP) is 3.39. The Labute approximate surface area is 118 Å². The number of fused-ring (bicyclic) bond motifs is 1. The molecule has 0 aliphatic heterocycles. The lowest BCUT2D eigenvalue weighted by molar-refractivity contribution is 0.294. The maximum absolute atomic E-state index is 3.78. The monoisotopic (exact) mass is 260 g/mol. The second kappa shape index (κ2) is 7.66. The topological polar surface area (TPSA) is 15.3 Å². The standard InChI is InChI=1S/C17H28N2/c1-3-19(4-2)14-13-18-17-12-8-6-10-15-9-5-7-11-16(15)17/h5,7,9,11,17-18H,3-4,6,8,10,12-14H2,1-2H3. The van der Waals surface area contributed by atoms with Gasteiger partial charge in [0.15, 0.2) is 0 Å². The molecule has 2 rings (SSSR count). The Morgan fingerprint density at radius 3 is 2.74 bits per heavy atom. The molecule has 0 radical (unpaired) electrons. The summed E-state index contributed by atoms with van der Waals surface area (Å²) in [5.41, 5.74) is 3.10. The van der Waals surface area contributed by atoms with Crippen molar-refractivity contribution in [3.8, 4) is 0 Å². The van der Waals surface area contributed by atoms with Crippen molar-refractivity contribution >= 4 is 0 Å².